The monoisotopic (exact) mass is 265 g/mol. The predicted molar refractivity (Wildman–Crippen MR) is 72.0 cm³/mol. The second-order valence-electron chi connectivity index (χ2n) is 4.32. The largest absolute Gasteiger partial charge is 0.481 e. The summed E-state index contributed by atoms with van der Waals surface area (Å²) in [7, 11) is 0. The Morgan fingerprint density at radius 2 is 1.68 bits per heavy atom. The molecule has 0 atom stereocenters. The fraction of sp³-hybridized carbons (Fsp3) is 0.429. The Kier molecular flexibility index (Phi) is 6.60. The van der Waals surface area contributed by atoms with E-state index in [1.54, 1.807) is 12.1 Å². The minimum atomic E-state index is -0.833. The summed E-state index contributed by atoms with van der Waals surface area (Å²) in [5.41, 5.74) is 1.73. The molecular weight excluding hydrogens is 246 g/mol. The van der Waals surface area contributed by atoms with Crippen molar-refractivity contribution in [1.82, 2.24) is 0 Å². The number of carboxylic acids is 1. The number of carbonyl (C=O) groups excluding carboxylic acids is 1. The van der Waals surface area contributed by atoms with Crippen LogP contribution in [0.2, 0.25) is 0 Å². The van der Waals surface area contributed by atoms with Gasteiger partial charge in [0.2, 0.25) is 5.91 Å². The van der Waals surface area contributed by atoms with Gasteiger partial charge in [0.25, 0.3) is 0 Å². The van der Waals surface area contributed by atoms with Gasteiger partial charge < -0.3 is 15.5 Å². The number of hydrogen-bond donors (Lipinski definition) is 3. The molecular formula is C14H19NO4. The van der Waals surface area contributed by atoms with Gasteiger partial charge in [0, 0.05) is 25.1 Å². The SMILES string of the molecule is O=C(O)CCCCC(=O)Nc1ccc(CCO)cc1. The van der Waals surface area contributed by atoms with Crippen molar-refractivity contribution in [3.63, 3.8) is 0 Å². The lowest BCUT2D eigenvalue weighted by molar-refractivity contribution is -0.137. The van der Waals surface area contributed by atoms with Crippen molar-refractivity contribution in [2.75, 3.05) is 11.9 Å². The van der Waals surface area contributed by atoms with Gasteiger partial charge in [-0.25, -0.2) is 0 Å². The molecule has 0 fully saturated rings. The van der Waals surface area contributed by atoms with Crippen molar-refractivity contribution in [3.05, 3.63) is 29.8 Å². The molecule has 5 nitrogen and oxygen atoms in total. The Bertz CT molecular complexity index is 414. The first-order chi connectivity index (χ1) is 9.11. The lowest BCUT2D eigenvalue weighted by atomic mass is 10.1. The van der Waals surface area contributed by atoms with Crippen LogP contribution in [-0.4, -0.2) is 28.7 Å². The van der Waals surface area contributed by atoms with Gasteiger partial charge in [0.1, 0.15) is 0 Å². The molecule has 0 saturated heterocycles. The molecule has 1 rings (SSSR count). The van der Waals surface area contributed by atoms with E-state index in [9.17, 15) is 9.59 Å². The molecule has 19 heavy (non-hydrogen) atoms. The Hall–Kier alpha value is -1.88. The van der Waals surface area contributed by atoms with Gasteiger partial charge in [0.15, 0.2) is 0 Å². The molecule has 0 radical (unpaired) electrons. The smallest absolute Gasteiger partial charge is 0.303 e. The zero-order valence-electron chi connectivity index (χ0n) is 10.8. The van der Waals surface area contributed by atoms with Crippen LogP contribution in [0.5, 0.6) is 0 Å². The number of aliphatic carboxylic acids is 1. The normalized spacial score (nSPS) is 10.2. The van der Waals surface area contributed by atoms with Crippen LogP contribution in [0.4, 0.5) is 5.69 Å². The molecule has 0 heterocycles. The van der Waals surface area contributed by atoms with E-state index in [0.717, 1.165) is 5.56 Å². The van der Waals surface area contributed by atoms with Crippen molar-refractivity contribution >= 4 is 17.6 Å². The summed E-state index contributed by atoms with van der Waals surface area (Å²) in [6.45, 7) is 0.106. The molecule has 0 aliphatic rings. The third-order valence-electron chi connectivity index (χ3n) is 2.68. The number of unbranched alkanes of at least 4 members (excludes halogenated alkanes) is 1. The first kappa shape index (κ1) is 15.2. The van der Waals surface area contributed by atoms with Crippen LogP contribution >= 0.6 is 0 Å². The summed E-state index contributed by atoms with van der Waals surface area (Å²) in [4.78, 5) is 21.9. The molecule has 0 saturated carbocycles. The molecule has 5 heteroatoms. The Labute approximate surface area is 112 Å². The number of aliphatic hydroxyl groups is 1. The molecule has 0 aromatic heterocycles. The van der Waals surface area contributed by atoms with E-state index in [2.05, 4.69) is 5.32 Å². The molecule has 1 aromatic rings. The van der Waals surface area contributed by atoms with Gasteiger partial charge in [-0.05, 0) is 37.0 Å². The molecule has 3 N–H and O–H groups in total. The summed E-state index contributed by atoms with van der Waals surface area (Å²) < 4.78 is 0. The second-order valence-corrected chi connectivity index (χ2v) is 4.32. The van der Waals surface area contributed by atoms with E-state index in [4.69, 9.17) is 10.2 Å². The highest BCUT2D eigenvalue weighted by molar-refractivity contribution is 5.90. The van der Waals surface area contributed by atoms with E-state index in [0.29, 0.717) is 31.4 Å². The Morgan fingerprint density at radius 1 is 1.05 bits per heavy atom. The second kappa shape index (κ2) is 8.26. The number of benzene rings is 1. The minimum Gasteiger partial charge on any atom is -0.481 e. The molecule has 1 amide bonds. The summed E-state index contributed by atoms with van der Waals surface area (Å²) in [5.74, 6) is -0.944. The van der Waals surface area contributed by atoms with Crippen molar-refractivity contribution in [2.45, 2.75) is 32.1 Å². The maximum atomic E-state index is 11.6. The van der Waals surface area contributed by atoms with E-state index in [-0.39, 0.29) is 18.9 Å². The first-order valence-corrected chi connectivity index (χ1v) is 6.33. The third kappa shape index (κ3) is 6.57. The summed E-state index contributed by atoms with van der Waals surface area (Å²) in [6.07, 6.45) is 2.11. The van der Waals surface area contributed by atoms with Crippen LogP contribution in [0, 0.1) is 0 Å². The van der Waals surface area contributed by atoms with Crippen LogP contribution in [-0.2, 0) is 16.0 Å². The molecule has 104 valence electrons. The minimum absolute atomic E-state index is 0.100. The van der Waals surface area contributed by atoms with Gasteiger partial charge in [0.05, 0.1) is 0 Å². The van der Waals surface area contributed by atoms with Crippen molar-refractivity contribution in [2.24, 2.45) is 0 Å². The summed E-state index contributed by atoms with van der Waals surface area (Å²) in [6, 6.07) is 7.30. The zero-order chi connectivity index (χ0) is 14.1. The van der Waals surface area contributed by atoms with Crippen molar-refractivity contribution in [3.8, 4) is 0 Å². The number of carbonyl (C=O) groups is 2. The number of aliphatic hydroxyl groups excluding tert-OH is 1. The molecule has 0 bridgehead atoms. The highest BCUT2D eigenvalue weighted by atomic mass is 16.4. The third-order valence-corrected chi connectivity index (χ3v) is 2.68. The fourth-order valence-corrected chi connectivity index (χ4v) is 1.67. The Morgan fingerprint density at radius 3 is 2.26 bits per heavy atom. The molecule has 1 aromatic carbocycles. The average molecular weight is 265 g/mol. The number of rotatable bonds is 8. The van der Waals surface area contributed by atoms with E-state index < -0.39 is 5.97 Å². The van der Waals surface area contributed by atoms with E-state index in [1.165, 1.54) is 0 Å². The van der Waals surface area contributed by atoms with Crippen LogP contribution in [0.15, 0.2) is 24.3 Å². The van der Waals surface area contributed by atoms with Crippen LogP contribution < -0.4 is 5.32 Å². The molecule has 0 aliphatic heterocycles. The van der Waals surface area contributed by atoms with E-state index >= 15 is 0 Å². The highest BCUT2D eigenvalue weighted by Crippen LogP contribution is 2.11. The summed E-state index contributed by atoms with van der Waals surface area (Å²) >= 11 is 0. The molecule has 0 spiro atoms. The molecule has 0 aliphatic carbocycles. The first-order valence-electron chi connectivity index (χ1n) is 6.33. The van der Waals surface area contributed by atoms with E-state index in [1.807, 2.05) is 12.1 Å². The van der Waals surface area contributed by atoms with Crippen LogP contribution in [0.1, 0.15) is 31.2 Å². The average Bonchev–Trinajstić information content (AvgIpc) is 2.37. The fourth-order valence-electron chi connectivity index (χ4n) is 1.67. The van der Waals surface area contributed by atoms with Crippen molar-refractivity contribution < 1.29 is 19.8 Å². The number of amides is 1. The number of nitrogens with one attached hydrogen (secondary N) is 1. The van der Waals surface area contributed by atoms with Gasteiger partial charge >= 0.3 is 5.97 Å². The highest BCUT2D eigenvalue weighted by Gasteiger charge is 2.03. The maximum absolute atomic E-state index is 11.6. The van der Waals surface area contributed by atoms with Crippen LogP contribution in [0.3, 0.4) is 0 Å². The van der Waals surface area contributed by atoms with Crippen molar-refractivity contribution in [1.29, 1.82) is 0 Å². The lowest BCUT2D eigenvalue weighted by Gasteiger charge is -2.06. The number of hydrogen-bond acceptors (Lipinski definition) is 3. The maximum Gasteiger partial charge on any atom is 0.303 e. The van der Waals surface area contributed by atoms with Crippen LogP contribution in [0.25, 0.3) is 0 Å². The lowest BCUT2D eigenvalue weighted by Crippen LogP contribution is -2.11. The van der Waals surface area contributed by atoms with Gasteiger partial charge in [-0.1, -0.05) is 12.1 Å². The topological polar surface area (TPSA) is 86.6 Å². The number of anilines is 1. The number of carboxylic acid groups (broad SMARTS) is 1. The van der Waals surface area contributed by atoms with Gasteiger partial charge in [-0.2, -0.15) is 0 Å². The quantitative estimate of drug-likeness (QED) is 0.626. The Balaban J connectivity index is 2.29. The summed E-state index contributed by atoms with van der Waals surface area (Å²) in [5, 5.41) is 20.0. The standard InChI is InChI=1S/C14H19NO4/c16-10-9-11-5-7-12(8-6-11)15-13(17)3-1-2-4-14(18)19/h5-8,16H,1-4,9-10H2,(H,15,17)(H,18,19). The van der Waals surface area contributed by atoms with Gasteiger partial charge in [-0.3, -0.25) is 9.59 Å². The zero-order valence-corrected chi connectivity index (χ0v) is 10.8. The predicted octanol–water partition coefficient (Wildman–Crippen LogP) is 1.80. The van der Waals surface area contributed by atoms with Gasteiger partial charge in [-0.15, -0.1) is 0 Å². The molecule has 0 unspecified atom stereocenters.